The second kappa shape index (κ2) is 23.0. The molecule has 0 bridgehead atoms. The molecule has 21 nitrogen and oxygen atoms in total. The molecule has 0 saturated heterocycles. The summed E-state index contributed by atoms with van der Waals surface area (Å²) in [5.41, 5.74) is -0.530. The van der Waals surface area contributed by atoms with Crippen LogP contribution < -0.4 is 48.4 Å². The van der Waals surface area contributed by atoms with Crippen LogP contribution in [0.3, 0.4) is 0 Å². The predicted molar refractivity (Wildman–Crippen MR) is 225 cm³/mol. The number of phenols is 2. The largest absolute Gasteiger partial charge is 1.00 e. The van der Waals surface area contributed by atoms with Crippen molar-refractivity contribution in [3.05, 3.63) is 108 Å². The van der Waals surface area contributed by atoms with Gasteiger partial charge in [-0.2, -0.15) is 20.5 Å². The van der Waals surface area contributed by atoms with E-state index in [1.807, 2.05) is 11.9 Å². The Balaban J connectivity index is 0.00000106. The Morgan fingerprint density at radius 1 is 0.500 bits per heavy atom. The van der Waals surface area contributed by atoms with Crippen molar-refractivity contribution < 1.29 is 121 Å². The number of benzene rings is 6. The zero-order valence-electron chi connectivity index (χ0n) is 34.8. The first-order valence-corrected chi connectivity index (χ1v) is 23.6. The number of nitrogens with zero attached hydrogens (tertiary/aromatic N) is 5. The number of hydrogen-bond donors (Lipinski definition) is 4. The number of azo groups is 2. The van der Waals surface area contributed by atoms with Gasteiger partial charge >= 0.3 is 48.4 Å². The second-order valence-electron chi connectivity index (χ2n) is 13.4. The molecule has 66 heavy (non-hydrogen) atoms. The summed E-state index contributed by atoms with van der Waals surface area (Å²) < 4.78 is 142. The molecular weight excluding hydrogens is 953 g/mol. The Morgan fingerprint density at radius 3 is 1.12 bits per heavy atom. The van der Waals surface area contributed by atoms with Crippen LogP contribution in [0.1, 0.15) is 11.1 Å². The van der Waals surface area contributed by atoms with Gasteiger partial charge in [-0.05, 0) is 114 Å². The van der Waals surface area contributed by atoms with Crippen LogP contribution in [-0.2, 0) is 40.5 Å². The molecule has 27 heteroatoms. The zero-order valence-corrected chi connectivity index (χ0v) is 40.0. The van der Waals surface area contributed by atoms with Gasteiger partial charge in [-0.3, -0.25) is 0 Å². The number of hydrogen-bond acceptors (Lipinski definition) is 21. The molecule has 0 atom stereocenters. The van der Waals surface area contributed by atoms with Crippen molar-refractivity contribution in [3.63, 3.8) is 0 Å². The number of aromatic hydroxyl groups is 2. The van der Waals surface area contributed by atoms with Gasteiger partial charge in [0.25, 0.3) is 0 Å². The fourth-order valence-electron chi connectivity index (χ4n) is 5.78. The Labute approximate surface area is 412 Å². The van der Waals surface area contributed by atoms with E-state index < -0.39 is 71.6 Å². The SMILES string of the molecule is CN(CCO)CCO.O=S(=O)([O-])c1cc(O)c2ccc(N=Nc3ccc(/C=C/c4ccc(N=Nc5ccc6c(O)cc(S(=O)(=O)[O-])cc6c5)cc4S(=O)(=O)[O-])c(S(=O)(=O)[O-])c3)cc2c1.[Li+].[Na+]. The third-order valence-electron chi connectivity index (χ3n) is 8.85. The first-order chi connectivity index (χ1) is 29.9. The molecule has 338 valence electrons. The van der Waals surface area contributed by atoms with E-state index in [4.69, 9.17) is 10.2 Å². The number of phenolic OH excluding ortho intramolecular Hbond substituents is 2. The van der Waals surface area contributed by atoms with Gasteiger partial charge in [0.15, 0.2) is 0 Å². The van der Waals surface area contributed by atoms with Gasteiger partial charge in [0.05, 0.1) is 55.5 Å². The molecule has 6 rings (SSSR count). The number of aliphatic hydroxyl groups is 2. The molecule has 0 aliphatic carbocycles. The van der Waals surface area contributed by atoms with Crippen LogP contribution >= 0.6 is 0 Å². The molecule has 4 N–H and O–H groups in total. The molecule has 0 spiro atoms. The molecule has 0 unspecified atom stereocenters. The quantitative estimate of drug-likeness (QED) is 0.0437. The van der Waals surface area contributed by atoms with Gasteiger partial charge in [-0.1, -0.05) is 24.3 Å². The van der Waals surface area contributed by atoms with Crippen LogP contribution in [0.4, 0.5) is 22.7 Å². The summed E-state index contributed by atoms with van der Waals surface area (Å²) in [6.07, 6.45) is 2.13. The Hall–Kier alpha value is -4.50. The summed E-state index contributed by atoms with van der Waals surface area (Å²) in [4.78, 5) is -1.10. The molecule has 0 aliphatic heterocycles. The summed E-state index contributed by atoms with van der Waals surface area (Å²) >= 11 is 0. The fourth-order valence-corrected chi connectivity index (χ4v) is 8.21. The van der Waals surface area contributed by atoms with Crippen molar-refractivity contribution in [2.75, 3.05) is 33.4 Å². The van der Waals surface area contributed by atoms with Gasteiger partial charge in [0.1, 0.15) is 52.0 Å². The minimum atomic E-state index is -5.18. The third kappa shape index (κ3) is 15.0. The van der Waals surface area contributed by atoms with E-state index >= 15 is 0 Å². The number of fused-ring (bicyclic) bond motifs is 2. The topological polar surface area (TPSA) is 362 Å². The Bertz CT molecular complexity index is 3100. The summed E-state index contributed by atoms with van der Waals surface area (Å²) in [7, 11) is -18.3. The van der Waals surface area contributed by atoms with E-state index in [0.717, 1.165) is 60.7 Å². The fraction of sp³-hybridized carbons (Fsp3) is 0.128. The van der Waals surface area contributed by atoms with Gasteiger partial charge in [-0.25, -0.2) is 33.7 Å². The Kier molecular flexibility index (Phi) is 19.5. The molecule has 0 amide bonds. The minimum absolute atomic E-state index is 0. The number of likely N-dealkylation sites (N-methyl/N-ethyl adjacent to an activating group) is 1. The molecular formula is C39H33LiN5NaO16S4-2. The molecule has 6 aromatic carbocycles. The van der Waals surface area contributed by atoms with E-state index in [1.165, 1.54) is 48.5 Å². The van der Waals surface area contributed by atoms with Crippen molar-refractivity contribution >= 4 is 96.9 Å². The van der Waals surface area contributed by atoms with Crippen LogP contribution in [0.15, 0.2) is 137 Å². The summed E-state index contributed by atoms with van der Waals surface area (Å²) in [6, 6.07) is 18.3. The van der Waals surface area contributed by atoms with E-state index in [2.05, 4.69) is 20.5 Å². The maximum atomic E-state index is 12.2. The van der Waals surface area contributed by atoms with E-state index in [0.29, 0.717) is 13.1 Å². The molecule has 0 aliphatic rings. The number of rotatable bonds is 14. The van der Waals surface area contributed by atoms with Crippen molar-refractivity contribution in [2.24, 2.45) is 20.5 Å². The first kappa shape index (κ1) is 55.8. The monoisotopic (exact) mass is 985 g/mol. The third-order valence-corrected chi connectivity index (χ3v) is 12.3. The molecule has 0 aromatic heterocycles. The average molecular weight is 986 g/mol. The molecule has 0 radical (unpaired) electrons. The van der Waals surface area contributed by atoms with E-state index in [1.54, 1.807) is 0 Å². The molecule has 0 heterocycles. The summed E-state index contributed by atoms with van der Waals surface area (Å²) in [5, 5.41) is 53.3. The van der Waals surface area contributed by atoms with Crippen LogP contribution in [0.25, 0.3) is 33.7 Å². The van der Waals surface area contributed by atoms with Crippen LogP contribution in [0, 0.1) is 0 Å². The summed E-state index contributed by atoms with van der Waals surface area (Å²) in [5.74, 6) is -0.950. The smallest absolute Gasteiger partial charge is 0.744 e. The van der Waals surface area contributed by atoms with Crippen LogP contribution in [0.5, 0.6) is 11.5 Å². The maximum absolute atomic E-state index is 12.2. The van der Waals surface area contributed by atoms with Crippen molar-refractivity contribution in [1.29, 1.82) is 0 Å². The second-order valence-corrected chi connectivity index (χ2v) is 18.9. The van der Waals surface area contributed by atoms with Crippen LogP contribution in [0.2, 0.25) is 0 Å². The van der Waals surface area contributed by atoms with Gasteiger partial charge in [-0.15, -0.1) is 0 Å². The molecule has 0 saturated carbocycles. The van der Waals surface area contributed by atoms with E-state index in [9.17, 15) is 62.1 Å². The Morgan fingerprint density at radius 2 is 0.818 bits per heavy atom. The van der Waals surface area contributed by atoms with Crippen molar-refractivity contribution in [2.45, 2.75) is 19.6 Å². The maximum Gasteiger partial charge on any atom is 1.00 e. The van der Waals surface area contributed by atoms with Gasteiger partial charge in [0.2, 0.25) is 0 Å². The first-order valence-electron chi connectivity index (χ1n) is 17.9. The standard InChI is InChI=1S/C34H24N4O14S4.C5H13NO2.Li.Na/c39-31-17-27(53(41,42)43)13-21-11-23(7-9-29(21)31)35-37-25-5-3-19(33(15-25)55(47,48)49)1-2-20-4-6-26(16-34(20)56(50,51)52)38-36-24-8-10-30-22(12-24)14-28(18-32(30)40)54(44,45)46;1-6(2-4-7)3-5-8;;/h1-18,39-40H,(H,41,42,43)(H,44,45,46)(H,47,48,49)(H,50,51,52);7-8H,2-5H2,1H3;;/q;;2*+1/p-4/b2-1+,37-35?,38-36?;;;. The van der Waals surface area contributed by atoms with Gasteiger partial charge in [0, 0.05) is 23.9 Å². The normalized spacial score (nSPS) is 12.4. The molecule has 6 aromatic rings. The average Bonchev–Trinajstić information content (AvgIpc) is 3.20. The molecule has 0 fully saturated rings. The van der Waals surface area contributed by atoms with Crippen molar-refractivity contribution in [3.8, 4) is 11.5 Å². The van der Waals surface area contributed by atoms with Crippen LogP contribution in [-0.4, -0.2) is 111 Å². The van der Waals surface area contributed by atoms with Crippen molar-refractivity contribution in [1.82, 2.24) is 4.90 Å². The van der Waals surface area contributed by atoms with E-state index in [-0.39, 0.29) is 117 Å². The minimum Gasteiger partial charge on any atom is -0.744 e. The van der Waals surface area contributed by atoms with Gasteiger partial charge < -0.3 is 43.5 Å². The predicted octanol–water partition coefficient (Wildman–Crippen LogP) is -1.07. The summed E-state index contributed by atoms with van der Waals surface area (Å²) in [6.45, 7) is 1.61. The number of aliphatic hydroxyl groups excluding tert-OH is 2. The zero-order chi connectivity index (χ0) is 47.2.